The zero-order valence-electron chi connectivity index (χ0n) is 12.0. The van der Waals surface area contributed by atoms with Gasteiger partial charge in [0.2, 0.25) is 5.91 Å². The molecule has 110 valence electrons. The van der Waals surface area contributed by atoms with Crippen molar-refractivity contribution in [2.45, 2.75) is 32.6 Å². The lowest BCUT2D eigenvalue weighted by Gasteiger charge is -2.13. The second-order valence-electron chi connectivity index (χ2n) is 4.91. The summed E-state index contributed by atoms with van der Waals surface area (Å²) in [5, 5.41) is 6.10. The van der Waals surface area contributed by atoms with Crippen molar-refractivity contribution >= 4 is 11.6 Å². The summed E-state index contributed by atoms with van der Waals surface area (Å²) in [4.78, 5) is 11.8. The van der Waals surface area contributed by atoms with Crippen molar-refractivity contribution in [3.05, 3.63) is 29.8 Å². The smallest absolute Gasteiger partial charge is 0.225 e. The first-order chi connectivity index (χ1) is 9.69. The van der Waals surface area contributed by atoms with Crippen molar-refractivity contribution in [3.63, 3.8) is 0 Å². The summed E-state index contributed by atoms with van der Waals surface area (Å²) in [6.07, 6.45) is 0.193. The molecule has 1 amide bonds. The molecule has 0 radical (unpaired) electrons. The Balaban J connectivity index is 1.85. The number of hydrogen-bond acceptors (Lipinski definition) is 4. The number of carbonyl (C=O) groups is 1. The summed E-state index contributed by atoms with van der Waals surface area (Å²) in [5.74, 6) is 0.0135. The Morgan fingerprint density at radius 1 is 1.30 bits per heavy atom. The van der Waals surface area contributed by atoms with Gasteiger partial charge in [-0.15, -0.1) is 0 Å². The topological polar surface area (TPSA) is 59.6 Å². The van der Waals surface area contributed by atoms with Gasteiger partial charge in [-0.3, -0.25) is 4.79 Å². The molecule has 2 rings (SSSR count). The van der Waals surface area contributed by atoms with E-state index in [2.05, 4.69) is 10.6 Å². The van der Waals surface area contributed by atoms with E-state index in [0.29, 0.717) is 19.6 Å². The highest BCUT2D eigenvalue weighted by Gasteiger charge is 2.17. The van der Waals surface area contributed by atoms with Crippen LogP contribution in [0.1, 0.15) is 32.1 Å². The van der Waals surface area contributed by atoms with Gasteiger partial charge in [0.1, 0.15) is 0 Å². The predicted octanol–water partition coefficient (Wildman–Crippen LogP) is 2.06. The maximum absolute atomic E-state index is 11.8. The monoisotopic (exact) mass is 278 g/mol. The zero-order valence-corrected chi connectivity index (χ0v) is 12.0. The van der Waals surface area contributed by atoms with Gasteiger partial charge in [0, 0.05) is 23.7 Å². The minimum atomic E-state index is -0.270. The molecule has 1 saturated heterocycles. The molecule has 1 aliphatic heterocycles. The molecule has 1 aliphatic rings. The maximum Gasteiger partial charge on any atom is 0.225 e. The van der Waals surface area contributed by atoms with Crippen LogP contribution in [0.4, 0.5) is 5.69 Å². The fourth-order valence-electron chi connectivity index (χ4n) is 2.19. The number of benzene rings is 1. The molecule has 1 atom stereocenters. The van der Waals surface area contributed by atoms with E-state index in [1.165, 1.54) is 0 Å². The average molecular weight is 278 g/mol. The second-order valence-corrected chi connectivity index (χ2v) is 4.91. The second kappa shape index (κ2) is 7.38. The molecule has 0 spiro atoms. The first-order valence-corrected chi connectivity index (χ1v) is 7.05. The fraction of sp³-hybridized carbons (Fsp3) is 0.533. The number of carbonyl (C=O) groups excluding carboxylic acids is 1. The molecule has 20 heavy (non-hydrogen) atoms. The van der Waals surface area contributed by atoms with Crippen LogP contribution in [0.25, 0.3) is 0 Å². The van der Waals surface area contributed by atoms with E-state index in [4.69, 9.17) is 9.47 Å². The minimum absolute atomic E-state index is 0.0135. The maximum atomic E-state index is 11.8. The molecule has 1 aromatic rings. The Kier molecular flexibility index (Phi) is 5.52. The van der Waals surface area contributed by atoms with Gasteiger partial charge in [0.25, 0.3) is 0 Å². The number of rotatable bonds is 6. The van der Waals surface area contributed by atoms with Crippen LogP contribution in [-0.4, -0.2) is 31.7 Å². The first kappa shape index (κ1) is 15.0. The molecule has 2 N–H and O–H groups in total. The molecule has 1 fully saturated rings. The Bertz CT molecular complexity index is 427. The van der Waals surface area contributed by atoms with Crippen LogP contribution in [0, 0.1) is 0 Å². The third-order valence-corrected chi connectivity index (χ3v) is 3.13. The standard InChI is InChI=1S/C15H22N2O3/c1-3-16-11(2)10-14(18)17-13-6-4-12(5-7-13)15-19-8-9-20-15/h4-7,11,15-16H,3,8-10H2,1-2H3,(H,17,18). The van der Waals surface area contributed by atoms with Crippen molar-refractivity contribution in [2.24, 2.45) is 0 Å². The lowest BCUT2D eigenvalue weighted by atomic mass is 10.2. The van der Waals surface area contributed by atoms with Gasteiger partial charge in [0.05, 0.1) is 13.2 Å². The van der Waals surface area contributed by atoms with Crippen molar-refractivity contribution in [3.8, 4) is 0 Å². The molecule has 5 nitrogen and oxygen atoms in total. The van der Waals surface area contributed by atoms with E-state index in [1.807, 2.05) is 38.1 Å². The van der Waals surface area contributed by atoms with Crippen LogP contribution in [0.5, 0.6) is 0 Å². The van der Waals surface area contributed by atoms with Gasteiger partial charge in [-0.25, -0.2) is 0 Å². The summed E-state index contributed by atoms with van der Waals surface area (Å²) in [5.41, 5.74) is 1.77. The molecule has 1 aromatic carbocycles. The number of nitrogens with one attached hydrogen (secondary N) is 2. The van der Waals surface area contributed by atoms with Crippen LogP contribution in [0.15, 0.2) is 24.3 Å². The molecule has 0 bridgehead atoms. The SMILES string of the molecule is CCNC(C)CC(=O)Nc1ccc(C2OCCO2)cc1. The number of ether oxygens (including phenoxy) is 2. The normalized spacial score (nSPS) is 17.1. The Labute approximate surface area is 119 Å². The predicted molar refractivity (Wildman–Crippen MR) is 77.5 cm³/mol. The third kappa shape index (κ3) is 4.30. The highest BCUT2D eigenvalue weighted by Crippen LogP contribution is 2.24. The summed E-state index contributed by atoms with van der Waals surface area (Å²) in [7, 11) is 0. The van der Waals surface area contributed by atoms with Crippen molar-refractivity contribution < 1.29 is 14.3 Å². The number of hydrogen-bond donors (Lipinski definition) is 2. The van der Waals surface area contributed by atoms with E-state index >= 15 is 0 Å². The molecule has 0 aromatic heterocycles. The van der Waals surface area contributed by atoms with Crippen molar-refractivity contribution in [1.29, 1.82) is 0 Å². The minimum Gasteiger partial charge on any atom is -0.346 e. The van der Waals surface area contributed by atoms with Crippen LogP contribution in [0.3, 0.4) is 0 Å². The average Bonchev–Trinajstić information content (AvgIpc) is 2.93. The fourth-order valence-corrected chi connectivity index (χ4v) is 2.19. The molecule has 5 heteroatoms. The van der Waals surface area contributed by atoms with Gasteiger partial charge in [-0.1, -0.05) is 19.1 Å². The Morgan fingerprint density at radius 2 is 1.95 bits per heavy atom. The number of anilines is 1. The molecule has 0 aliphatic carbocycles. The van der Waals surface area contributed by atoms with E-state index in [0.717, 1.165) is 17.8 Å². The van der Waals surface area contributed by atoms with Crippen LogP contribution >= 0.6 is 0 Å². The zero-order chi connectivity index (χ0) is 14.4. The lowest BCUT2D eigenvalue weighted by Crippen LogP contribution is -2.30. The summed E-state index contributed by atoms with van der Waals surface area (Å²) >= 11 is 0. The van der Waals surface area contributed by atoms with Gasteiger partial charge in [0.15, 0.2) is 6.29 Å². The van der Waals surface area contributed by atoms with Crippen LogP contribution in [-0.2, 0) is 14.3 Å². The highest BCUT2D eigenvalue weighted by atomic mass is 16.7. The van der Waals surface area contributed by atoms with Crippen LogP contribution < -0.4 is 10.6 Å². The number of amides is 1. The van der Waals surface area contributed by atoms with Gasteiger partial charge < -0.3 is 20.1 Å². The van der Waals surface area contributed by atoms with E-state index < -0.39 is 0 Å². The molecular formula is C15H22N2O3. The van der Waals surface area contributed by atoms with Crippen molar-refractivity contribution in [1.82, 2.24) is 5.32 Å². The largest absolute Gasteiger partial charge is 0.346 e. The Morgan fingerprint density at radius 3 is 2.55 bits per heavy atom. The highest BCUT2D eigenvalue weighted by molar-refractivity contribution is 5.91. The molecule has 0 saturated carbocycles. The van der Waals surface area contributed by atoms with E-state index in [1.54, 1.807) is 0 Å². The third-order valence-electron chi connectivity index (χ3n) is 3.13. The molecular weight excluding hydrogens is 256 g/mol. The van der Waals surface area contributed by atoms with Crippen molar-refractivity contribution in [2.75, 3.05) is 25.1 Å². The van der Waals surface area contributed by atoms with Gasteiger partial charge in [-0.2, -0.15) is 0 Å². The summed E-state index contributed by atoms with van der Waals surface area (Å²) < 4.78 is 10.8. The van der Waals surface area contributed by atoms with E-state index in [-0.39, 0.29) is 18.2 Å². The Hall–Kier alpha value is -1.43. The summed E-state index contributed by atoms with van der Waals surface area (Å²) in [6, 6.07) is 7.75. The van der Waals surface area contributed by atoms with E-state index in [9.17, 15) is 4.79 Å². The quantitative estimate of drug-likeness (QED) is 0.836. The molecule has 1 heterocycles. The van der Waals surface area contributed by atoms with Crippen LogP contribution in [0.2, 0.25) is 0 Å². The van der Waals surface area contributed by atoms with Gasteiger partial charge >= 0.3 is 0 Å². The summed E-state index contributed by atoms with van der Waals surface area (Å²) in [6.45, 7) is 6.16. The lowest BCUT2D eigenvalue weighted by molar-refractivity contribution is -0.116. The molecule has 1 unspecified atom stereocenters. The first-order valence-electron chi connectivity index (χ1n) is 7.05. The van der Waals surface area contributed by atoms with Gasteiger partial charge in [-0.05, 0) is 25.6 Å².